The number of nitrogens with one attached hydrogen (secondary N) is 1. The van der Waals surface area contributed by atoms with Gasteiger partial charge in [0.1, 0.15) is 11.8 Å². The summed E-state index contributed by atoms with van der Waals surface area (Å²) < 4.78 is 5.03. The molecule has 0 bridgehead atoms. The lowest BCUT2D eigenvalue weighted by Crippen LogP contribution is -2.37. The number of likely N-dealkylation sites (tertiary alicyclic amines) is 1. The summed E-state index contributed by atoms with van der Waals surface area (Å²) in [6.07, 6.45) is 4.19. The minimum absolute atomic E-state index is 0.504. The van der Waals surface area contributed by atoms with Crippen LogP contribution in [-0.4, -0.2) is 49.8 Å². The van der Waals surface area contributed by atoms with Crippen LogP contribution >= 0.6 is 0 Å². The Kier molecular flexibility index (Phi) is 6.61. The maximum atomic E-state index is 8.88. The van der Waals surface area contributed by atoms with Crippen molar-refractivity contribution < 1.29 is 4.74 Å². The van der Waals surface area contributed by atoms with Crippen molar-refractivity contribution in [3.8, 4) is 6.07 Å². The quantitative estimate of drug-likeness (QED) is 0.769. The highest BCUT2D eigenvalue weighted by Crippen LogP contribution is 2.18. The number of hydrogen-bond acceptors (Lipinski definition) is 5. The van der Waals surface area contributed by atoms with Gasteiger partial charge in [0.25, 0.3) is 0 Å². The van der Waals surface area contributed by atoms with Gasteiger partial charge in [-0.1, -0.05) is 0 Å². The second-order valence-corrected chi connectivity index (χ2v) is 5.58. The van der Waals surface area contributed by atoms with E-state index in [1.807, 2.05) is 12.1 Å². The van der Waals surface area contributed by atoms with E-state index in [4.69, 9.17) is 10.00 Å². The molecular weight excluding hydrogens is 264 g/mol. The second-order valence-electron chi connectivity index (χ2n) is 5.58. The van der Waals surface area contributed by atoms with Crippen LogP contribution in [0.1, 0.15) is 24.1 Å². The number of piperidine rings is 1. The Hall–Kier alpha value is -1.48. The summed E-state index contributed by atoms with van der Waals surface area (Å²) in [5, 5.41) is 12.3. The smallest absolute Gasteiger partial charge is 0.140 e. The zero-order chi connectivity index (χ0) is 14.9. The largest absolute Gasteiger partial charge is 0.383 e. The van der Waals surface area contributed by atoms with Crippen molar-refractivity contribution >= 4 is 0 Å². The van der Waals surface area contributed by atoms with Crippen LogP contribution in [0.5, 0.6) is 0 Å². The highest BCUT2D eigenvalue weighted by molar-refractivity contribution is 5.25. The molecule has 0 saturated carbocycles. The van der Waals surface area contributed by atoms with Crippen LogP contribution in [0.2, 0.25) is 0 Å². The van der Waals surface area contributed by atoms with E-state index in [0.29, 0.717) is 5.69 Å². The first-order valence-electron chi connectivity index (χ1n) is 7.59. The lowest BCUT2D eigenvalue weighted by molar-refractivity contribution is 0.168. The fourth-order valence-corrected chi connectivity index (χ4v) is 2.72. The molecule has 0 radical (unpaired) electrons. The molecule has 1 N–H and O–H groups in total. The Morgan fingerprint density at radius 3 is 3.00 bits per heavy atom. The number of nitriles is 1. The van der Waals surface area contributed by atoms with Crippen molar-refractivity contribution in [3.63, 3.8) is 0 Å². The molecule has 1 aromatic heterocycles. The summed E-state index contributed by atoms with van der Waals surface area (Å²) in [5.74, 6) is 0.769. The molecule has 0 amide bonds. The molecule has 0 aromatic carbocycles. The van der Waals surface area contributed by atoms with E-state index >= 15 is 0 Å². The molecule has 1 aromatic rings. The van der Waals surface area contributed by atoms with Gasteiger partial charge in [-0.3, -0.25) is 4.90 Å². The number of hydrogen-bond donors (Lipinski definition) is 1. The van der Waals surface area contributed by atoms with Crippen LogP contribution < -0.4 is 5.32 Å². The van der Waals surface area contributed by atoms with E-state index in [0.717, 1.165) is 45.2 Å². The van der Waals surface area contributed by atoms with E-state index in [2.05, 4.69) is 21.3 Å². The van der Waals surface area contributed by atoms with Crippen molar-refractivity contribution in [1.82, 2.24) is 15.2 Å². The average Bonchev–Trinajstić information content (AvgIpc) is 2.53. The predicted molar refractivity (Wildman–Crippen MR) is 81.7 cm³/mol. The first kappa shape index (κ1) is 15.9. The number of ether oxygens (including phenoxy) is 1. The van der Waals surface area contributed by atoms with E-state index in [-0.39, 0.29) is 0 Å². The van der Waals surface area contributed by atoms with Crippen LogP contribution in [0, 0.1) is 17.2 Å². The van der Waals surface area contributed by atoms with Gasteiger partial charge in [-0.05, 0) is 56.1 Å². The molecule has 2 rings (SSSR count). The molecule has 21 heavy (non-hydrogen) atoms. The Morgan fingerprint density at radius 2 is 2.29 bits per heavy atom. The lowest BCUT2D eigenvalue weighted by Gasteiger charge is -2.32. The molecule has 114 valence electrons. The average molecular weight is 288 g/mol. The molecule has 0 spiro atoms. The fourth-order valence-electron chi connectivity index (χ4n) is 2.72. The Morgan fingerprint density at radius 1 is 1.48 bits per heavy atom. The summed E-state index contributed by atoms with van der Waals surface area (Å²) in [5.41, 5.74) is 1.68. The topological polar surface area (TPSA) is 61.2 Å². The van der Waals surface area contributed by atoms with Gasteiger partial charge in [0.05, 0.1) is 6.61 Å². The number of pyridine rings is 1. The number of methoxy groups -OCH3 is 1. The highest BCUT2D eigenvalue weighted by atomic mass is 16.5. The standard InChI is InChI=1S/C16H24N4O/c1-21-9-6-18-12-14-3-7-20(8-4-14)13-15-2-5-19-16(10-15)11-17/h2,5,10,14,18H,3-4,6-9,12-13H2,1H3. The molecule has 1 aliphatic rings. The van der Waals surface area contributed by atoms with Gasteiger partial charge in [0.2, 0.25) is 0 Å². The van der Waals surface area contributed by atoms with E-state index < -0.39 is 0 Å². The Balaban J connectivity index is 1.70. The summed E-state index contributed by atoms with van der Waals surface area (Å²) in [6.45, 7) is 5.97. The molecule has 1 saturated heterocycles. The molecule has 5 heteroatoms. The van der Waals surface area contributed by atoms with Gasteiger partial charge in [0.15, 0.2) is 0 Å². The Bertz CT molecular complexity index is 464. The predicted octanol–water partition coefficient (Wildman–Crippen LogP) is 1.40. The molecular formula is C16H24N4O. The SMILES string of the molecule is COCCNCC1CCN(Cc2ccnc(C#N)c2)CC1. The van der Waals surface area contributed by atoms with Gasteiger partial charge < -0.3 is 10.1 Å². The number of nitrogens with zero attached hydrogens (tertiary/aromatic N) is 3. The maximum Gasteiger partial charge on any atom is 0.140 e. The van der Waals surface area contributed by atoms with Crippen LogP contribution in [0.25, 0.3) is 0 Å². The Labute approximate surface area is 126 Å². The first-order chi connectivity index (χ1) is 10.3. The van der Waals surface area contributed by atoms with E-state index in [9.17, 15) is 0 Å². The third-order valence-corrected chi connectivity index (χ3v) is 3.97. The summed E-state index contributed by atoms with van der Waals surface area (Å²) >= 11 is 0. The van der Waals surface area contributed by atoms with E-state index in [1.165, 1.54) is 18.4 Å². The molecule has 0 unspecified atom stereocenters. The van der Waals surface area contributed by atoms with Crippen LogP contribution in [0.3, 0.4) is 0 Å². The van der Waals surface area contributed by atoms with E-state index in [1.54, 1.807) is 13.3 Å². The minimum Gasteiger partial charge on any atom is -0.383 e. The summed E-state index contributed by atoms with van der Waals surface area (Å²) in [7, 11) is 1.73. The first-order valence-corrected chi connectivity index (χ1v) is 7.59. The van der Waals surface area contributed by atoms with Crippen molar-refractivity contribution in [2.45, 2.75) is 19.4 Å². The zero-order valence-electron chi connectivity index (χ0n) is 12.7. The molecule has 2 heterocycles. The zero-order valence-corrected chi connectivity index (χ0v) is 12.7. The van der Waals surface area contributed by atoms with Crippen molar-refractivity contribution in [2.24, 2.45) is 5.92 Å². The number of aromatic nitrogens is 1. The number of rotatable bonds is 7. The second kappa shape index (κ2) is 8.73. The van der Waals surface area contributed by atoms with Crippen molar-refractivity contribution in [1.29, 1.82) is 5.26 Å². The molecule has 0 aliphatic carbocycles. The van der Waals surface area contributed by atoms with Crippen LogP contribution in [0.15, 0.2) is 18.3 Å². The van der Waals surface area contributed by atoms with Crippen LogP contribution in [0.4, 0.5) is 0 Å². The van der Waals surface area contributed by atoms with Gasteiger partial charge in [-0.15, -0.1) is 0 Å². The molecule has 5 nitrogen and oxygen atoms in total. The van der Waals surface area contributed by atoms with Gasteiger partial charge in [0, 0.05) is 26.4 Å². The molecule has 1 aliphatic heterocycles. The van der Waals surface area contributed by atoms with Gasteiger partial charge in [-0.25, -0.2) is 4.98 Å². The summed E-state index contributed by atoms with van der Waals surface area (Å²) in [6, 6.07) is 5.98. The third kappa shape index (κ3) is 5.43. The maximum absolute atomic E-state index is 8.88. The molecule has 1 fully saturated rings. The third-order valence-electron chi connectivity index (χ3n) is 3.97. The highest BCUT2D eigenvalue weighted by Gasteiger charge is 2.18. The van der Waals surface area contributed by atoms with Gasteiger partial charge in [-0.2, -0.15) is 5.26 Å². The molecule has 0 atom stereocenters. The van der Waals surface area contributed by atoms with Crippen molar-refractivity contribution in [3.05, 3.63) is 29.6 Å². The lowest BCUT2D eigenvalue weighted by atomic mass is 9.96. The summed E-state index contributed by atoms with van der Waals surface area (Å²) in [4.78, 5) is 6.47. The monoisotopic (exact) mass is 288 g/mol. The normalized spacial score (nSPS) is 16.8. The van der Waals surface area contributed by atoms with Crippen molar-refractivity contribution in [2.75, 3.05) is 39.9 Å². The minimum atomic E-state index is 0.504. The fraction of sp³-hybridized carbons (Fsp3) is 0.625. The van der Waals surface area contributed by atoms with Crippen LogP contribution in [-0.2, 0) is 11.3 Å². The van der Waals surface area contributed by atoms with Gasteiger partial charge >= 0.3 is 0 Å².